The Morgan fingerprint density at radius 1 is 0.640 bits per heavy atom. The molecule has 1 nitrogen and oxygen atoms in total. The molecule has 2 heteroatoms. The molecule has 25 heavy (non-hydrogen) atoms. The van der Waals surface area contributed by atoms with Crippen molar-refractivity contribution in [2.75, 3.05) is 6.26 Å². The Morgan fingerprint density at radius 2 is 1.16 bits per heavy atom. The molecule has 0 N–H and O–H groups in total. The summed E-state index contributed by atoms with van der Waals surface area (Å²) in [5, 5.41) is 2.27. The van der Waals surface area contributed by atoms with E-state index in [1.807, 2.05) is 18.2 Å². The lowest BCUT2D eigenvalue weighted by molar-refractivity contribution is 0.508. The minimum Gasteiger partial charge on any atom is -0.456 e. The van der Waals surface area contributed by atoms with Crippen molar-refractivity contribution in [1.82, 2.24) is 0 Å². The SMILES string of the molecule is CSc1ccc(/C=c2/o/c(=C/c3ccccc3)c3ccccc23)cc1. The van der Waals surface area contributed by atoms with Crippen molar-refractivity contribution in [1.29, 1.82) is 0 Å². The van der Waals surface area contributed by atoms with E-state index in [0.29, 0.717) is 0 Å². The lowest BCUT2D eigenvalue weighted by Gasteiger charge is -1.96. The van der Waals surface area contributed by atoms with Crippen molar-refractivity contribution >= 4 is 34.7 Å². The van der Waals surface area contributed by atoms with Gasteiger partial charge in [0.1, 0.15) is 10.8 Å². The Balaban J connectivity index is 1.90. The zero-order valence-corrected chi connectivity index (χ0v) is 14.8. The summed E-state index contributed by atoms with van der Waals surface area (Å²) in [6.45, 7) is 0. The average Bonchev–Trinajstić information content (AvgIpc) is 3.01. The zero-order chi connectivity index (χ0) is 17.1. The van der Waals surface area contributed by atoms with Gasteiger partial charge in [-0.3, -0.25) is 0 Å². The molecule has 0 spiro atoms. The normalized spacial score (nSPS) is 12.8. The van der Waals surface area contributed by atoms with E-state index < -0.39 is 0 Å². The molecule has 0 atom stereocenters. The second kappa shape index (κ2) is 7.04. The fraction of sp³-hybridized carbons (Fsp3) is 0.0435. The summed E-state index contributed by atoms with van der Waals surface area (Å²) in [6.07, 6.45) is 6.29. The van der Waals surface area contributed by atoms with Gasteiger partial charge in [-0.15, -0.1) is 11.8 Å². The van der Waals surface area contributed by atoms with Gasteiger partial charge in [-0.05, 0) is 41.7 Å². The number of furan rings is 1. The van der Waals surface area contributed by atoms with Gasteiger partial charge in [0.2, 0.25) is 0 Å². The minimum absolute atomic E-state index is 0.897. The molecule has 1 heterocycles. The molecule has 0 radical (unpaired) electrons. The summed E-state index contributed by atoms with van der Waals surface area (Å²) in [4.78, 5) is 1.26. The lowest BCUT2D eigenvalue weighted by atomic mass is 10.1. The third-order valence-electron chi connectivity index (χ3n) is 4.19. The smallest absolute Gasteiger partial charge is 0.136 e. The van der Waals surface area contributed by atoms with Crippen LogP contribution in [0.2, 0.25) is 0 Å². The first-order valence-corrected chi connectivity index (χ1v) is 9.46. The van der Waals surface area contributed by atoms with Crippen molar-refractivity contribution in [3.63, 3.8) is 0 Å². The molecular formula is C23H18OS. The van der Waals surface area contributed by atoms with Crippen LogP contribution >= 0.6 is 11.8 Å². The van der Waals surface area contributed by atoms with Crippen LogP contribution in [0.3, 0.4) is 0 Å². The molecule has 4 rings (SSSR count). The van der Waals surface area contributed by atoms with Crippen LogP contribution in [0.5, 0.6) is 0 Å². The fourth-order valence-electron chi connectivity index (χ4n) is 2.91. The first-order chi connectivity index (χ1) is 12.3. The predicted octanol–water partition coefficient (Wildman–Crippen LogP) is 4.81. The maximum atomic E-state index is 6.21. The van der Waals surface area contributed by atoms with Crippen LogP contribution in [0, 0.1) is 0 Å². The number of hydrogen-bond acceptors (Lipinski definition) is 2. The van der Waals surface area contributed by atoms with Crippen LogP contribution in [0.1, 0.15) is 11.1 Å². The van der Waals surface area contributed by atoms with Gasteiger partial charge < -0.3 is 4.42 Å². The molecule has 0 aliphatic carbocycles. The van der Waals surface area contributed by atoms with E-state index >= 15 is 0 Å². The highest BCUT2D eigenvalue weighted by molar-refractivity contribution is 7.98. The van der Waals surface area contributed by atoms with Gasteiger partial charge in [-0.1, -0.05) is 66.7 Å². The van der Waals surface area contributed by atoms with Crippen molar-refractivity contribution in [2.24, 2.45) is 0 Å². The first-order valence-electron chi connectivity index (χ1n) is 8.23. The molecule has 0 aliphatic heterocycles. The summed E-state index contributed by atoms with van der Waals surface area (Å²) >= 11 is 1.75. The van der Waals surface area contributed by atoms with Crippen molar-refractivity contribution < 1.29 is 4.42 Å². The van der Waals surface area contributed by atoms with E-state index in [1.165, 1.54) is 4.90 Å². The highest BCUT2D eigenvalue weighted by Crippen LogP contribution is 2.15. The van der Waals surface area contributed by atoms with Crippen molar-refractivity contribution in [3.8, 4) is 0 Å². The third-order valence-corrected chi connectivity index (χ3v) is 4.93. The van der Waals surface area contributed by atoms with E-state index in [9.17, 15) is 0 Å². The summed E-state index contributed by atoms with van der Waals surface area (Å²) in [5.41, 5.74) is 4.07. The summed E-state index contributed by atoms with van der Waals surface area (Å²) < 4.78 is 6.21. The molecule has 0 saturated heterocycles. The van der Waals surface area contributed by atoms with E-state index in [2.05, 4.69) is 79.1 Å². The Bertz CT molecular complexity index is 1110. The second-order valence-corrected chi connectivity index (χ2v) is 6.73. The number of thioether (sulfide) groups is 1. The van der Waals surface area contributed by atoms with Crippen LogP contribution in [0.15, 0.2) is 88.2 Å². The molecule has 0 fully saturated rings. The van der Waals surface area contributed by atoms with E-state index in [1.54, 1.807) is 11.8 Å². The standard InChI is InChI=1S/C23H18OS/c1-25-19-13-11-18(12-14-19)16-23-21-10-6-5-9-20(21)22(24-23)15-17-7-3-2-4-8-17/h2-16H,1H3/b22-15+,23-16+. The molecular weight excluding hydrogens is 324 g/mol. The maximum Gasteiger partial charge on any atom is 0.136 e. The molecule has 0 unspecified atom stereocenters. The Kier molecular flexibility index (Phi) is 4.45. The van der Waals surface area contributed by atoms with E-state index in [0.717, 1.165) is 32.7 Å². The van der Waals surface area contributed by atoms with Crippen LogP contribution in [0.25, 0.3) is 22.9 Å². The van der Waals surface area contributed by atoms with Crippen LogP contribution in [0.4, 0.5) is 0 Å². The highest BCUT2D eigenvalue weighted by Gasteiger charge is 2.03. The minimum atomic E-state index is 0.897. The summed E-state index contributed by atoms with van der Waals surface area (Å²) in [5.74, 6) is 0. The quantitative estimate of drug-likeness (QED) is 0.496. The van der Waals surface area contributed by atoms with Crippen LogP contribution < -0.4 is 10.8 Å². The van der Waals surface area contributed by atoms with Gasteiger partial charge in [0, 0.05) is 15.7 Å². The topological polar surface area (TPSA) is 13.1 Å². The van der Waals surface area contributed by atoms with Crippen LogP contribution in [-0.2, 0) is 0 Å². The monoisotopic (exact) mass is 342 g/mol. The van der Waals surface area contributed by atoms with Gasteiger partial charge in [0.15, 0.2) is 0 Å². The largest absolute Gasteiger partial charge is 0.456 e. The number of fused-ring (bicyclic) bond motifs is 1. The number of rotatable bonds is 3. The Labute approximate surface area is 151 Å². The van der Waals surface area contributed by atoms with Gasteiger partial charge in [-0.25, -0.2) is 0 Å². The highest BCUT2D eigenvalue weighted by atomic mass is 32.2. The molecule has 4 aromatic rings. The molecule has 122 valence electrons. The van der Waals surface area contributed by atoms with Gasteiger partial charge in [0.25, 0.3) is 0 Å². The van der Waals surface area contributed by atoms with Gasteiger partial charge >= 0.3 is 0 Å². The number of hydrogen-bond donors (Lipinski definition) is 0. The van der Waals surface area contributed by atoms with Gasteiger partial charge in [0.05, 0.1) is 0 Å². The molecule has 0 saturated carbocycles. The Hall–Kier alpha value is -2.71. The first kappa shape index (κ1) is 15.8. The summed E-state index contributed by atoms with van der Waals surface area (Å²) in [7, 11) is 0. The second-order valence-electron chi connectivity index (χ2n) is 5.85. The summed E-state index contributed by atoms with van der Waals surface area (Å²) in [6, 6.07) is 27.1. The van der Waals surface area contributed by atoms with E-state index in [4.69, 9.17) is 4.42 Å². The zero-order valence-electron chi connectivity index (χ0n) is 14.0. The van der Waals surface area contributed by atoms with Crippen molar-refractivity contribution in [2.45, 2.75) is 4.90 Å². The predicted molar refractivity (Wildman–Crippen MR) is 107 cm³/mol. The number of benzene rings is 3. The molecule has 3 aromatic carbocycles. The average molecular weight is 342 g/mol. The Morgan fingerprint density at radius 3 is 1.72 bits per heavy atom. The van der Waals surface area contributed by atoms with Crippen molar-refractivity contribution in [3.05, 3.63) is 101 Å². The molecule has 0 aliphatic rings. The molecule has 0 amide bonds. The third kappa shape index (κ3) is 3.40. The lowest BCUT2D eigenvalue weighted by Crippen LogP contribution is -2.00. The molecule has 1 aromatic heterocycles. The van der Waals surface area contributed by atoms with Crippen LogP contribution in [-0.4, -0.2) is 6.26 Å². The fourth-order valence-corrected chi connectivity index (χ4v) is 3.32. The van der Waals surface area contributed by atoms with Gasteiger partial charge in [-0.2, -0.15) is 0 Å². The van der Waals surface area contributed by atoms with E-state index in [-0.39, 0.29) is 0 Å². The maximum absolute atomic E-state index is 6.21. The molecule has 0 bridgehead atoms.